The second kappa shape index (κ2) is 4.06. The average Bonchev–Trinajstić information content (AvgIpc) is 2.84. The van der Waals surface area contributed by atoms with Crippen molar-refractivity contribution < 1.29 is 0 Å². The van der Waals surface area contributed by atoms with Gasteiger partial charge in [-0.25, -0.2) is 4.98 Å². The largest absolute Gasteiger partial charge is 0.382 e. The fraction of sp³-hybridized carbons (Fsp3) is 0.500. The highest BCUT2D eigenvalue weighted by Gasteiger charge is 2.22. The van der Waals surface area contributed by atoms with Crippen LogP contribution in [0, 0.1) is 12.8 Å². The lowest BCUT2D eigenvalue weighted by Crippen LogP contribution is -2.21. The molecule has 1 heterocycles. The van der Waals surface area contributed by atoms with Crippen LogP contribution in [0.25, 0.3) is 11.0 Å². The molecular weight excluding hydrogens is 210 g/mol. The van der Waals surface area contributed by atoms with Crippen molar-refractivity contribution in [3.63, 3.8) is 0 Å². The predicted octanol–water partition coefficient (Wildman–Crippen LogP) is 3.47. The minimum absolute atomic E-state index is 0.636. The van der Waals surface area contributed by atoms with Crippen LogP contribution < -0.4 is 5.32 Å². The third kappa shape index (κ3) is 2.02. The minimum atomic E-state index is 0.636. The molecule has 0 spiro atoms. The smallest absolute Gasteiger partial charge is 0.104 e. The number of rotatable bonds is 2. The number of hydrogen-bond acceptors (Lipinski definition) is 2. The summed E-state index contributed by atoms with van der Waals surface area (Å²) < 4.78 is 0. The van der Waals surface area contributed by atoms with Crippen LogP contribution in [-0.4, -0.2) is 16.0 Å². The Hall–Kier alpha value is -1.51. The maximum atomic E-state index is 4.42. The number of aromatic amines is 1. The molecule has 0 amide bonds. The number of fused-ring (bicyclic) bond motifs is 1. The molecule has 1 aromatic carbocycles. The lowest BCUT2D eigenvalue weighted by atomic mass is 10.1. The SMILES string of the molecule is Cc1nc2ccc(NC3CCCC3C)cc2[nH]1. The first-order chi connectivity index (χ1) is 8.22. The van der Waals surface area contributed by atoms with Crippen LogP contribution >= 0.6 is 0 Å². The first kappa shape index (κ1) is 10.6. The van der Waals surface area contributed by atoms with E-state index in [0.29, 0.717) is 6.04 Å². The van der Waals surface area contributed by atoms with Crippen LogP contribution in [0.15, 0.2) is 18.2 Å². The van der Waals surface area contributed by atoms with Gasteiger partial charge >= 0.3 is 0 Å². The molecule has 90 valence electrons. The van der Waals surface area contributed by atoms with E-state index in [1.54, 1.807) is 0 Å². The zero-order chi connectivity index (χ0) is 11.8. The Labute approximate surface area is 102 Å². The molecule has 0 saturated heterocycles. The molecule has 1 aliphatic carbocycles. The fourth-order valence-electron chi connectivity index (χ4n) is 2.80. The Balaban J connectivity index is 1.85. The van der Waals surface area contributed by atoms with E-state index in [9.17, 15) is 0 Å². The Morgan fingerprint density at radius 1 is 1.35 bits per heavy atom. The standard InChI is InChI=1S/C14H19N3/c1-9-4-3-5-12(9)17-11-6-7-13-14(8-11)16-10(2)15-13/h6-9,12,17H,3-5H2,1-2H3,(H,15,16). The highest BCUT2D eigenvalue weighted by molar-refractivity contribution is 5.79. The van der Waals surface area contributed by atoms with E-state index < -0.39 is 0 Å². The third-order valence-corrected chi connectivity index (χ3v) is 3.81. The maximum Gasteiger partial charge on any atom is 0.104 e. The summed E-state index contributed by atoms with van der Waals surface area (Å²) in [5.41, 5.74) is 3.38. The fourth-order valence-corrected chi connectivity index (χ4v) is 2.80. The summed E-state index contributed by atoms with van der Waals surface area (Å²) in [5.74, 6) is 1.76. The third-order valence-electron chi connectivity index (χ3n) is 3.81. The van der Waals surface area contributed by atoms with Crippen molar-refractivity contribution in [3.8, 4) is 0 Å². The molecule has 2 aromatic rings. The summed E-state index contributed by atoms with van der Waals surface area (Å²) in [6.07, 6.45) is 3.99. The quantitative estimate of drug-likeness (QED) is 0.827. The highest BCUT2D eigenvalue weighted by Crippen LogP contribution is 2.28. The normalized spacial score (nSPS) is 24.4. The average molecular weight is 229 g/mol. The monoisotopic (exact) mass is 229 g/mol. The van der Waals surface area contributed by atoms with E-state index in [0.717, 1.165) is 22.8 Å². The van der Waals surface area contributed by atoms with Crippen molar-refractivity contribution in [3.05, 3.63) is 24.0 Å². The summed E-state index contributed by atoms with van der Waals surface area (Å²) >= 11 is 0. The molecule has 1 fully saturated rings. The molecule has 2 atom stereocenters. The van der Waals surface area contributed by atoms with Gasteiger partial charge in [-0.2, -0.15) is 0 Å². The van der Waals surface area contributed by atoms with Crippen LogP contribution in [0.1, 0.15) is 32.0 Å². The molecule has 1 saturated carbocycles. The number of aromatic nitrogens is 2. The zero-order valence-electron chi connectivity index (χ0n) is 10.5. The van der Waals surface area contributed by atoms with Crippen molar-refractivity contribution in [2.45, 2.75) is 39.2 Å². The van der Waals surface area contributed by atoms with Crippen molar-refractivity contribution in [2.24, 2.45) is 5.92 Å². The van der Waals surface area contributed by atoms with Crippen molar-refractivity contribution in [1.29, 1.82) is 0 Å². The molecule has 2 N–H and O–H groups in total. The molecule has 17 heavy (non-hydrogen) atoms. The summed E-state index contributed by atoms with van der Waals surface area (Å²) in [4.78, 5) is 7.70. The van der Waals surface area contributed by atoms with Crippen molar-refractivity contribution in [1.82, 2.24) is 9.97 Å². The summed E-state index contributed by atoms with van der Waals surface area (Å²) in [6.45, 7) is 4.33. The maximum absolute atomic E-state index is 4.42. The van der Waals surface area contributed by atoms with E-state index in [4.69, 9.17) is 0 Å². The number of hydrogen-bond donors (Lipinski definition) is 2. The Bertz CT molecular complexity index is 529. The van der Waals surface area contributed by atoms with Gasteiger partial charge in [0.2, 0.25) is 0 Å². The number of nitrogens with zero attached hydrogens (tertiary/aromatic N) is 1. The second-order valence-corrected chi connectivity index (χ2v) is 5.21. The van der Waals surface area contributed by atoms with E-state index in [2.05, 4.69) is 40.4 Å². The van der Waals surface area contributed by atoms with Crippen LogP contribution in [0.4, 0.5) is 5.69 Å². The number of H-pyrrole nitrogens is 1. The van der Waals surface area contributed by atoms with Gasteiger partial charge in [0.15, 0.2) is 0 Å². The van der Waals surface area contributed by atoms with Crippen molar-refractivity contribution >= 4 is 16.7 Å². The molecular formula is C14H19N3. The van der Waals surface area contributed by atoms with Gasteiger partial charge < -0.3 is 10.3 Å². The molecule has 3 heteroatoms. The minimum Gasteiger partial charge on any atom is -0.382 e. The molecule has 0 bridgehead atoms. The topological polar surface area (TPSA) is 40.7 Å². The molecule has 0 radical (unpaired) electrons. The number of nitrogens with one attached hydrogen (secondary N) is 2. The second-order valence-electron chi connectivity index (χ2n) is 5.21. The molecule has 3 nitrogen and oxygen atoms in total. The first-order valence-corrected chi connectivity index (χ1v) is 6.45. The summed E-state index contributed by atoms with van der Waals surface area (Å²) in [5, 5.41) is 3.64. The van der Waals surface area contributed by atoms with Gasteiger partial charge in [0, 0.05) is 11.7 Å². The van der Waals surface area contributed by atoms with Crippen molar-refractivity contribution in [2.75, 3.05) is 5.32 Å². The van der Waals surface area contributed by atoms with Gasteiger partial charge in [-0.15, -0.1) is 0 Å². The van der Waals surface area contributed by atoms with Gasteiger partial charge in [0.1, 0.15) is 5.82 Å². The van der Waals surface area contributed by atoms with Gasteiger partial charge in [0.05, 0.1) is 11.0 Å². The van der Waals surface area contributed by atoms with E-state index in [1.807, 2.05) is 6.92 Å². The Kier molecular flexibility index (Phi) is 2.54. The Morgan fingerprint density at radius 3 is 3.00 bits per heavy atom. The number of benzene rings is 1. The summed E-state index contributed by atoms with van der Waals surface area (Å²) in [6, 6.07) is 7.02. The van der Waals surface area contributed by atoms with Crippen LogP contribution in [0.2, 0.25) is 0 Å². The highest BCUT2D eigenvalue weighted by atomic mass is 14.9. The zero-order valence-corrected chi connectivity index (χ0v) is 10.5. The van der Waals surface area contributed by atoms with Gasteiger partial charge in [0.25, 0.3) is 0 Å². The predicted molar refractivity (Wildman–Crippen MR) is 71.3 cm³/mol. The lowest BCUT2D eigenvalue weighted by Gasteiger charge is -2.18. The number of imidazole rings is 1. The van der Waals surface area contributed by atoms with Crippen LogP contribution in [-0.2, 0) is 0 Å². The number of aryl methyl sites for hydroxylation is 1. The van der Waals surface area contributed by atoms with Gasteiger partial charge in [-0.1, -0.05) is 13.3 Å². The first-order valence-electron chi connectivity index (χ1n) is 6.45. The van der Waals surface area contributed by atoms with E-state index in [-0.39, 0.29) is 0 Å². The van der Waals surface area contributed by atoms with E-state index >= 15 is 0 Å². The molecule has 2 unspecified atom stereocenters. The van der Waals surface area contributed by atoms with Gasteiger partial charge in [-0.05, 0) is 43.9 Å². The van der Waals surface area contributed by atoms with Gasteiger partial charge in [-0.3, -0.25) is 0 Å². The molecule has 1 aromatic heterocycles. The summed E-state index contributed by atoms with van der Waals surface area (Å²) in [7, 11) is 0. The lowest BCUT2D eigenvalue weighted by molar-refractivity contribution is 0.556. The molecule has 0 aliphatic heterocycles. The van der Waals surface area contributed by atoms with Crippen LogP contribution in [0.3, 0.4) is 0 Å². The van der Waals surface area contributed by atoms with E-state index in [1.165, 1.54) is 24.9 Å². The number of anilines is 1. The molecule has 3 rings (SSSR count). The Morgan fingerprint density at radius 2 is 2.24 bits per heavy atom. The molecule has 1 aliphatic rings. The van der Waals surface area contributed by atoms with Crippen LogP contribution in [0.5, 0.6) is 0 Å².